The summed E-state index contributed by atoms with van der Waals surface area (Å²) in [5.41, 5.74) is -3.85. The highest BCUT2D eigenvalue weighted by Gasteiger charge is 2.66. The van der Waals surface area contributed by atoms with Crippen molar-refractivity contribution >= 4 is 39.5 Å². The Morgan fingerprint density at radius 1 is 1.33 bits per heavy atom. The first-order valence-electron chi connectivity index (χ1n) is 7.24. The predicted octanol–water partition coefficient (Wildman–Crippen LogP) is 2.82. The van der Waals surface area contributed by atoms with Gasteiger partial charge in [-0.05, 0) is 17.5 Å². The number of hydrogen-bond acceptors (Lipinski definition) is 7. The minimum atomic E-state index is -5.37. The number of ketones is 1. The van der Waals surface area contributed by atoms with Gasteiger partial charge in [0.05, 0.1) is 15.8 Å². The van der Waals surface area contributed by atoms with Crippen LogP contribution in [-0.2, 0) is 0 Å². The van der Waals surface area contributed by atoms with Gasteiger partial charge in [0.1, 0.15) is 5.92 Å². The molecule has 8 nitrogen and oxygen atoms in total. The van der Waals surface area contributed by atoms with E-state index < -0.39 is 40.6 Å². The van der Waals surface area contributed by atoms with E-state index in [1.54, 1.807) is 0 Å². The number of nitrogens with zero attached hydrogens (tertiary/aromatic N) is 1. The second-order valence-electron chi connectivity index (χ2n) is 5.59. The Balaban J connectivity index is 2.14. The van der Waals surface area contributed by atoms with Crippen molar-refractivity contribution in [3.8, 4) is 0 Å². The van der Waals surface area contributed by atoms with Crippen LogP contribution in [0.15, 0.2) is 29.6 Å². The molecule has 2 aromatic heterocycles. The standard InChI is InChI=1S/C14H10F3N3O5S2/c15-14(16,17)13(23)9(11(21)7-2-1-5-26-7)10(18-12(22)19-13)6-3-4-8(27-6)20(24)25/h1-5,9-10,23H,(H2,18,19,22). The average molecular weight is 421 g/mol. The first-order chi connectivity index (χ1) is 12.5. The molecule has 0 bridgehead atoms. The molecule has 0 spiro atoms. The topological polar surface area (TPSA) is 122 Å². The fourth-order valence-corrected chi connectivity index (χ4v) is 4.37. The van der Waals surface area contributed by atoms with Gasteiger partial charge in [0.15, 0.2) is 5.78 Å². The Morgan fingerprint density at radius 3 is 2.56 bits per heavy atom. The molecule has 0 saturated carbocycles. The number of carbonyl (C=O) groups is 2. The first kappa shape index (κ1) is 19.3. The molecule has 3 rings (SSSR count). The number of hydrogen-bond donors (Lipinski definition) is 3. The van der Waals surface area contributed by atoms with Crippen LogP contribution in [0.3, 0.4) is 0 Å². The number of Topliss-reactive ketones (excluding diaryl/α,β-unsaturated/α-hetero) is 1. The van der Waals surface area contributed by atoms with Crippen molar-refractivity contribution in [1.29, 1.82) is 0 Å². The fraction of sp³-hybridized carbons (Fsp3) is 0.286. The molecular weight excluding hydrogens is 411 g/mol. The molecule has 13 heteroatoms. The summed E-state index contributed by atoms with van der Waals surface area (Å²) < 4.78 is 40.9. The minimum Gasteiger partial charge on any atom is -0.363 e. The highest BCUT2D eigenvalue weighted by Crippen LogP contribution is 2.46. The molecular formula is C14H10F3N3O5S2. The third-order valence-corrected chi connectivity index (χ3v) is 5.96. The van der Waals surface area contributed by atoms with Gasteiger partial charge in [-0.3, -0.25) is 14.9 Å². The zero-order valence-corrected chi connectivity index (χ0v) is 14.7. The second-order valence-corrected chi connectivity index (χ2v) is 7.63. The van der Waals surface area contributed by atoms with Gasteiger partial charge < -0.3 is 15.7 Å². The largest absolute Gasteiger partial charge is 0.437 e. The molecule has 0 aliphatic carbocycles. The van der Waals surface area contributed by atoms with E-state index in [2.05, 4.69) is 5.32 Å². The number of urea groups is 1. The lowest BCUT2D eigenvalue weighted by Gasteiger charge is -2.44. The van der Waals surface area contributed by atoms with Crippen molar-refractivity contribution in [1.82, 2.24) is 10.6 Å². The zero-order valence-electron chi connectivity index (χ0n) is 13.0. The number of rotatable bonds is 4. The zero-order chi connectivity index (χ0) is 20.0. The molecule has 3 N–H and O–H groups in total. The first-order valence-corrected chi connectivity index (χ1v) is 8.94. The summed E-state index contributed by atoms with van der Waals surface area (Å²) >= 11 is 1.38. The van der Waals surface area contributed by atoms with Crippen LogP contribution in [0.25, 0.3) is 0 Å². The number of halogens is 3. The van der Waals surface area contributed by atoms with Crippen molar-refractivity contribution in [2.45, 2.75) is 17.9 Å². The Kier molecular flexibility index (Phi) is 4.69. The van der Waals surface area contributed by atoms with Crippen LogP contribution in [0.5, 0.6) is 0 Å². The number of nitro groups is 1. The van der Waals surface area contributed by atoms with E-state index in [0.29, 0.717) is 11.3 Å². The summed E-state index contributed by atoms with van der Waals surface area (Å²) in [6.45, 7) is 0. The third kappa shape index (κ3) is 3.28. The van der Waals surface area contributed by atoms with Crippen molar-refractivity contribution in [3.63, 3.8) is 0 Å². The number of carbonyl (C=O) groups excluding carboxylic acids is 2. The summed E-state index contributed by atoms with van der Waals surface area (Å²) in [6, 6.07) is 1.96. The molecule has 3 unspecified atom stereocenters. The molecule has 0 radical (unpaired) electrons. The number of thiophene rings is 2. The van der Waals surface area contributed by atoms with Gasteiger partial charge in [-0.1, -0.05) is 17.4 Å². The van der Waals surface area contributed by atoms with E-state index >= 15 is 0 Å². The molecule has 3 heterocycles. The van der Waals surface area contributed by atoms with E-state index in [1.807, 2.05) is 0 Å². The van der Waals surface area contributed by atoms with E-state index in [9.17, 15) is 38.0 Å². The van der Waals surface area contributed by atoms with Gasteiger partial charge in [-0.2, -0.15) is 13.2 Å². The molecule has 2 amide bonds. The van der Waals surface area contributed by atoms with Gasteiger partial charge in [-0.25, -0.2) is 4.79 Å². The molecule has 144 valence electrons. The molecule has 2 aromatic rings. The summed E-state index contributed by atoms with van der Waals surface area (Å²) in [5, 5.41) is 25.8. The van der Waals surface area contributed by atoms with Crippen LogP contribution < -0.4 is 10.6 Å². The lowest BCUT2D eigenvalue weighted by Crippen LogP contribution is -2.72. The van der Waals surface area contributed by atoms with Crippen molar-refractivity contribution in [2.75, 3.05) is 0 Å². The maximum Gasteiger partial charge on any atom is 0.437 e. The molecule has 1 saturated heterocycles. The van der Waals surface area contributed by atoms with Crippen molar-refractivity contribution < 1.29 is 32.8 Å². The van der Waals surface area contributed by atoms with Crippen molar-refractivity contribution in [3.05, 3.63) is 49.5 Å². The molecule has 27 heavy (non-hydrogen) atoms. The van der Waals surface area contributed by atoms with Crippen LogP contribution in [-0.4, -0.2) is 33.7 Å². The van der Waals surface area contributed by atoms with E-state index in [-0.39, 0.29) is 14.8 Å². The van der Waals surface area contributed by atoms with Gasteiger partial charge in [0.2, 0.25) is 5.72 Å². The Morgan fingerprint density at radius 2 is 2.04 bits per heavy atom. The van der Waals surface area contributed by atoms with Crippen LogP contribution in [0.2, 0.25) is 0 Å². The third-order valence-electron chi connectivity index (χ3n) is 3.95. The maximum atomic E-state index is 13.6. The van der Waals surface area contributed by atoms with Gasteiger partial charge in [-0.15, -0.1) is 11.3 Å². The molecule has 3 atom stereocenters. The fourth-order valence-electron chi connectivity index (χ4n) is 2.76. The van der Waals surface area contributed by atoms with Crippen LogP contribution >= 0.6 is 22.7 Å². The molecule has 1 aliphatic heterocycles. The summed E-state index contributed by atoms with van der Waals surface area (Å²) in [4.78, 5) is 34.6. The van der Waals surface area contributed by atoms with Crippen LogP contribution in [0.1, 0.15) is 20.6 Å². The predicted molar refractivity (Wildman–Crippen MR) is 88.5 cm³/mol. The lowest BCUT2D eigenvalue weighted by atomic mass is 9.81. The van der Waals surface area contributed by atoms with Crippen LogP contribution in [0, 0.1) is 16.0 Å². The normalized spacial score (nSPS) is 25.6. The maximum absolute atomic E-state index is 13.6. The SMILES string of the molecule is O=C1NC(c2ccc([N+](=O)[O-])s2)C(C(=O)c2cccs2)C(O)(C(F)(F)F)N1. The average Bonchev–Trinajstić information content (AvgIpc) is 3.24. The monoisotopic (exact) mass is 421 g/mol. The van der Waals surface area contributed by atoms with Gasteiger partial charge >= 0.3 is 17.2 Å². The van der Waals surface area contributed by atoms with Crippen LogP contribution in [0.4, 0.5) is 23.0 Å². The number of aliphatic hydroxyl groups is 1. The summed E-state index contributed by atoms with van der Waals surface area (Å²) in [7, 11) is 0. The Hall–Kier alpha value is -2.51. The highest BCUT2D eigenvalue weighted by molar-refractivity contribution is 7.15. The quantitative estimate of drug-likeness (QED) is 0.398. The summed E-state index contributed by atoms with van der Waals surface area (Å²) in [6.07, 6.45) is -5.37. The second kappa shape index (κ2) is 6.58. The molecule has 1 fully saturated rings. The highest BCUT2D eigenvalue weighted by atomic mass is 32.1. The molecule has 0 aromatic carbocycles. The number of alkyl halides is 3. The minimum absolute atomic E-state index is 0.0586. The van der Waals surface area contributed by atoms with Gasteiger partial charge in [0.25, 0.3) is 0 Å². The summed E-state index contributed by atoms with van der Waals surface area (Å²) in [5.74, 6) is -3.24. The van der Waals surface area contributed by atoms with E-state index in [1.165, 1.54) is 22.8 Å². The number of amides is 2. The molecule has 1 aliphatic rings. The van der Waals surface area contributed by atoms with Gasteiger partial charge in [0, 0.05) is 10.9 Å². The van der Waals surface area contributed by atoms with Crippen molar-refractivity contribution in [2.24, 2.45) is 5.92 Å². The van der Waals surface area contributed by atoms with E-state index in [4.69, 9.17) is 0 Å². The Labute approximate surface area is 156 Å². The smallest absolute Gasteiger partial charge is 0.363 e. The lowest BCUT2D eigenvalue weighted by molar-refractivity contribution is -0.380. The van der Waals surface area contributed by atoms with E-state index in [0.717, 1.165) is 23.5 Å². The Bertz CT molecular complexity index is 898. The number of nitrogens with one attached hydrogen (secondary N) is 2.